The van der Waals surface area contributed by atoms with E-state index in [1.165, 1.54) is 11.3 Å². The highest BCUT2D eigenvalue weighted by atomic mass is 32.2. The first-order chi connectivity index (χ1) is 11.2. The number of hydrogen-bond donors (Lipinski definition) is 2. The molecular formula is C15H22N4O3S2. The lowest BCUT2D eigenvalue weighted by Crippen LogP contribution is -2.26. The van der Waals surface area contributed by atoms with E-state index < -0.39 is 10.0 Å². The molecule has 0 aromatic carbocycles. The zero-order chi connectivity index (χ0) is 17.9. The van der Waals surface area contributed by atoms with E-state index in [9.17, 15) is 13.2 Å². The van der Waals surface area contributed by atoms with Crippen molar-refractivity contribution in [3.05, 3.63) is 39.3 Å². The third-order valence-corrected chi connectivity index (χ3v) is 5.58. The van der Waals surface area contributed by atoms with Gasteiger partial charge in [0, 0.05) is 29.7 Å². The number of sulfonamides is 1. The quantitative estimate of drug-likeness (QED) is 0.770. The molecule has 0 radical (unpaired) electrons. The minimum atomic E-state index is -3.19. The largest absolute Gasteiger partial charge is 0.345 e. The van der Waals surface area contributed by atoms with Gasteiger partial charge in [-0.1, -0.05) is 0 Å². The van der Waals surface area contributed by atoms with Crippen LogP contribution in [-0.4, -0.2) is 36.9 Å². The molecule has 0 saturated heterocycles. The molecule has 1 amide bonds. The van der Waals surface area contributed by atoms with Crippen molar-refractivity contribution >= 4 is 27.3 Å². The summed E-state index contributed by atoms with van der Waals surface area (Å²) in [6.07, 6.45) is 3.45. The van der Waals surface area contributed by atoms with Crippen molar-refractivity contribution in [3.63, 3.8) is 0 Å². The van der Waals surface area contributed by atoms with E-state index in [-0.39, 0.29) is 11.9 Å². The van der Waals surface area contributed by atoms with Gasteiger partial charge in [0.15, 0.2) is 0 Å². The molecule has 9 heteroatoms. The van der Waals surface area contributed by atoms with Crippen LogP contribution in [0.3, 0.4) is 0 Å². The molecule has 0 bridgehead atoms. The Hall–Kier alpha value is -1.71. The highest BCUT2D eigenvalue weighted by molar-refractivity contribution is 7.88. The van der Waals surface area contributed by atoms with Crippen LogP contribution in [0.25, 0.3) is 0 Å². The lowest BCUT2D eigenvalue weighted by Gasteiger charge is -2.12. The molecule has 2 aromatic heterocycles. The molecule has 0 aliphatic rings. The van der Waals surface area contributed by atoms with Gasteiger partial charge in [-0.3, -0.25) is 9.48 Å². The Balaban J connectivity index is 1.94. The Labute approximate surface area is 146 Å². The van der Waals surface area contributed by atoms with E-state index in [2.05, 4.69) is 15.1 Å². The Morgan fingerprint density at radius 3 is 2.71 bits per heavy atom. The third-order valence-electron chi connectivity index (χ3n) is 3.71. The molecule has 132 valence electrons. The predicted molar refractivity (Wildman–Crippen MR) is 94.7 cm³/mol. The van der Waals surface area contributed by atoms with Crippen LogP contribution in [0.1, 0.15) is 38.8 Å². The first-order valence-corrected chi connectivity index (χ1v) is 10.2. The molecule has 2 aromatic rings. The smallest absolute Gasteiger partial charge is 0.261 e. The summed E-state index contributed by atoms with van der Waals surface area (Å²) in [5, 5.41) is 7.15. The van der Waals surface area contributed by atoms with Crippen molar-refractivity contribution in [2.45, 2.75) is 26.3 Å². The van der Waals surface area contributed by atoms with Crippen LogP contribution in [-0.2, 0) is 23.5 Å². The second-order valence-corrected chi connectivity index (χ2v) is 8.69. The van der Waals surface area contributed by atoms with Gasteiger partial charge >= 0.3 is 0 Å². The molecule has 0 aliphatic heterocycles. The summed E-state index contributed by atoms with van der Waals surface area (Å²) in [7, 11) is -1.32. The fraction of sp³-hybridized carbons (Fsp3) is 0.467. The molecule has 0 unspecified atom stereocenters. The topological polar surface area (TPSA) is 93.1 Å². The van der Waals surface area contributed by atoms with Crippen LogP contribution in [0, 0.1) is 6.92 Å². The number of rotatable bonds is 7. The molecule has 2 N–H and O–H groups in total. The van der Waals surface area contributed by atoms with Gasteiger partial charge in [0.2, 0.25) is 10.0 Å². The van der Waals surface area contributed by atoms with E-state index in [1.54, 1.807) is 16.9 Å². The molecule has 7 nitrogen and oxygen atoms in total. The van der Waals surface area contributed by atoms with E-state index in [0.29, 0.717) is 17.8 Å². The number of amides is 1. The summed E-state index contributed by atoms with van der Waals surface area (Å²) in [5.41, 5.74) is 2.00. The normalized spacial score (nSPS) is 13.0. The molecule has 0 saturated carbocycles. The SMILES string of the molecule is Cc1c([C@@H](C)NC(=O)c2ccc(CCNS(C)(=O)=O)s2)cnn1C. The van der Waals surface area contributed by atoms with Crippen LogP contribution in [0.5, 0.6) is 0 Å². The highest BCUT2D eigenvalue weighted by Gasteiger charge is 2.17. The number of nitrogens with one attached hydrogen (secondary N) is 2. The molecular weight excluding hydrogens is 348 g/mol. The molecule has 24 heavy (non-hydrogen) atoms. The highest BCUT2D eigenvalue weighted by Crippen LogP contribution is 2.20. The number of carbonyl (C=O) groups is 1. The minimum Gasteiger partial charge on any atom is -0.345 e. The van der Waals surface area contributed by atoms with Gasteiger partial charge < -0.3 is 5.32 Å². The molecule has 0 spiro atoms. The maximum absolute atomic E-state index is 12.4. The fourth-order valence-electron chi connectivity index (χ4n) is 2.28. The summed E-state index contributed by atoms with van der Waals surface area (Å²) in [6.45, 7) is 4.21. The number of nitrogens with zero attached hydrogens (tertiary/aromatic N) is 2. The minimum absolute atomic E-state index is 0.136. The third kappa shape index (κ3) is 4.89. The van der Waals surface area contributed by atoms with Gasteiger partial charge in [0.05, 0.1) is 23.4 Å². The number of hydrogen-bond acceptors (Lipinski definition) is 5. The maximum Gasteiger partial charge on any atom is 0.261 e. The predicted octanol–water partition coefficient (Wildman–Crippen LogP) is 1.37. The lowest BCUT2D eigenvalue weighted by atomic mass is 10.1. The van der Waals surface area contributed by atoms with Crippen molar-refractivity contribution in [3.8, 4) is 0 Å². The zero-order valence-electron chi connectivity index (χ0n) is 14.2. The summed E-state index contributed by atoms with van der Waals surface area (Å²) in [4.78, 5) is 13.9. The Bertz CT molecular complexity index is 824. The van der Waals surface area contributed by atoms with Gasteiger partial charge in [0.1, 0.15) is 0 Å². The second-order valence-electron chi connectivity index (χ2n) is 5.69. The number of aryl methyl sites for hydroxylation is 1. The monoisotopic (exact) mass is 370 g/mol. The van der Waals surface area contributed by atoms with Crippen LogP contribution in [0.15, 0.2) is 18.3 Å². The van der Waals surface area contributed by atoms with Crippen LogP contribution in [0.4, 0.5) is 0 Å². The number of aromatic nitrogens is 2. The standard InChI is InChI=1S/C15H22N4O3S2/c1-10(13-9-16-19(3)11(13)2)18-15(20)14-6-5-12(23-14)7-8-17-24(4,21)22/h5-6,9-10,17H,7-8H2,1-4H3,(H,18,20)/t10-/m1/s1. The number of thiophene rings is 1. The summed E-state index contributed by atoms with van der Waals surface area (Å²) < 4.78 is 26.3. The molecule has 1 atom stereocenters. The average molecular weight is 371 g/mol. The van der Waals surface area contributed by atoms with Gasteiger partial charge in [-0.2, -0.15) is 5.10 Å². The lowest BCUT2D eigenvalue weighted by molar-refractivity contribution is 0.0944. The zero-order valence-corrected chi connectivity index (χ0v) is 15.8. The van der Waals surface area contributed by atoms with Gasteiger partial charge in [-0.25, -0.2) is 13.1 Å². The maximum atomic E-state index is 12.4. The Kier molecular flexibility index (Phi) is 5.79. The van der Waals surface area contributed by atoms with Crippen molar-refractivity contribution < 1.29 is 13.2 Å². The molecule has 2 heterocycles. The summed E-state index contributed by atoms with van der Waals surface area (Å²) >= 11 is 1.37. The van der Waals surface area contributed by atoms with Crippen molar-refractivity contribution in [1.29, 1.82) is 0 Å². The molecule has 2 rings (SSSR count). The molecule has 0 fully saturated rings. The van der Waals surface area contributed by atoms with Gasteiger partial charge in [-0.15, -0.1) is 11.3 Å². The first kappa shape index (κ1) is 18.6. The molecule has 0 aliphatic carbocycles. The fourth-order valence-corrected chi connectivity index (χ4v) is 3.66. The van der Waals surface area contributed by atoms with Crippen LogP contribution in [0.2, 0.25) is 0 Å². The van der Waals surface area contributed by atoms with E-state index in [0.717, 1.165) is 22.4 Å². The van der Waals surface area contributed by atoms with Gasteiger partial charge in [-0.05, 0) is 32.4 Å². The van der Waals surface area contributed by atoms with Crippen molar-refractivity contribution in [1.82, 2.24) is 19.8 Å². The van der Waals surface area contributed by atoms with Crippen molar-refractivity contribution in [2.75, 3.05) is 12.8 Å². The number of carbonyl (C=O) groups excluding carboxylic acids is 1. The van der Waals surface area contributed by atoms with E-state index >= 15 is 0 Å². The van der Waals surface area contributed by atoms with E-state index in [1.807, 2.05) is 27.0 Å². The second kappa shape index (κ2) is 7.45. The summed E-state index contributed by atoms with van der Waals surface area (Å²) in [6, 6.07) is 3.48. The Morgan fingerprint density at radius 2 is 2.12 bits per heavy atom. The van der Waals surface area contributed by atoms with Crippen LogP contribution < -0.4 is 10.0 Å². The van der Waals surface area contributed by atoms with E-state index in [4.69, 9.17) is 0 Å². The Morgan fingerprint density at radius 1 is 1.42 bits per heavy atom. The van der Waals surface area contributed by atoms with Crippen molar-refractivity contribution in [2.24, 2.45) is 7.05 Å². The van der Waals surface area contributed by atoms with Gasteiger partial charge in [0.25, 0.3) is 5.91 Å². The summed E-state index contributed by atoms with van der Waals surface area (Å²) in [5.74, 6) is -0.141. The average Bonchev–Trinajstić information content (AvgIpc) is 3.06. The van der Waals surface area contributed by atoms with Crippen LogP contribution >= 0.6 is 11.3 Å². The first-order valence-electron chi connectivity index (χ1n) is 7.50.